The van der Waals surface area contributed by atoms with Crippen LogP contribution in [0.25, 0.3) is 0 Å². The predicted molar refractivity (Wildman–Crippen MR) is 93.8 cm³/mol. The van der Waals surface area contributed by atoms with Crippen molar-refractivity contribution in [3.8, 4) is 0 Å². The normalized spacial score (nSPS) is 34.5. The second-order valence-electron chi connectivity index (χ2n) is 9.27. The van der Waals surface area contributed by atoms with Crippen LogP contribution in [-0.4, -0.2) is 47.8 Å². The molecule has 0 heterocycles. The SMILES string of the molecule is COC(=O)N(C(CN)C(=O)OC(C)(C)C)C12CC3CC(CC(C3)C1)C2. The monoisotopic (exact) mass is 352 g/mol. The number of carbonyl (C=O) groups is 2. The van der Waals surface area contributed by atoms with Crippen LogP contribution in [0.2, 0.25) is 0 Å². The molecule has 0 aliphatic heterocycles. The second-order valence-corrected chi connectivity index (χ2v) is 9.27. The third-order valence-corrected chi connectivity index (χ3v) is 6.10. The van der Waals surface area contributed by atoms with Crippen LogP contribution in [0.5, 0.6) is 0 Å². The number of esters is 1. The summed E-state index contributed by atoms with van der Waals surface area (Å²) in [5.41, 5.74) is 5.03. The summed E-state index contributed by atoms with van der Waals surface area (Å²) in [7, 11) is 1.37. The Hall–Kier alpha value is -1.30. The van der Waals surface area contributed by atoms with Crippen LogP contribution >= 0.6 is 0 Å². The van der Waals surface area contributed by atoms with E-state index in [1.54, 1.807) is 4.90 Å². The standard InChI is InChI=1S/C19H32N2O4/c1-18(2,3)25-16(22)15(11-20)21(17(23)24-4)19-8-12-5-13(9-19)7-14(6-12)10-19/h12-15H,5-11,20H2,1-4H3. The van der Waals surface area contributed by atoms with Crippen molar-refractivity contribution in [2.75, 3.05) is 13.7 Å². The number of rotatable bonds is 4. The maximum Gasteiger partial charge on any atom is 0.410 e. The number of ether oxygens (including phenoxy) is 2. The fourth-order valence-corrected chi connectivity index (χ4v) is 5.79. The van der Waals surface area contributed by atoms with Crippen molar-refractivity contribution >= 4 is 12.1 Å². The molecule has 1 amide bonds. The summed E-state index contributed by atoms with van der Waals surface area (Å²) < 4.78 is 10.6. The minimum atomic E-state index is -0.789. The molecule has 0 radical (unpaired) electrons. The average molecular weight is 352 g/mol. The van der Waals surface area contributed by atoms with Crippen molar-refractivity contribution in [1.29, 1.82) is 0 Å². The van der Waals surface area contributed by atoms with Gasteiger partial charge in [-0.05, 0) is 77.0 Å². The maximum absolute atomic E-state index is 12.8. The second kappa shape index (κ2) is 6.45. The molecule has 0 saturated heterocycles. The van der Waals surface area contributed by atoms with Crippen molar-refractivity contribution in [3.63, 3.8) is 0 Å². The van der Waals surface area contributed by atoms with Gasteiger partial charge in [-0.3, -0.25) is 4.90 Å². The van der Waals surface area contributed by atoms with Crippen molar-refractivity contribution in [2.24, 2.45) is 23.5 Å². The van der Waals surface area contributed by atoms with Crippen LogP contribution in [0, 0.1) is 17.8 Å². The van der Waals surface area contributed by atoms with E-state index in [1.165, 1.54) is 26.4 Å². The smallest absolute Gasteiger partial charge is 0.410 e. The molecule has 4 bridgehead atoms. The number of methoxy groups -OCH3 is 1. The van der Waals surface area contributed by atoms with E-state index in [9.17, 15) is 9.59 Å². The minimum absolute atomic E-state index is 0.0474. The summed E-state index contributed by atoms with van der Waals surface area (Å²) >= 11 is 0. The molecule has 4 saturated carbocycles. The Labute approximate surface area is 150 Å². The molecule has 4 rings (SSSR count). The lowest BCUT2D eigenvalue weighted by atomic mass is 9.52. The lowest BCUT2D eigenvalue weighted by Gasteiger charge is -2.60. The highest BCUT2D eigenvalue weighted by Crippen LogP contribution is 2.58. The van der Waals surface area contributed by atoms with E-state index in [1.807, 2.05) is 20.8 Å². The Balaban J connectivity index is 1.91. The number of hydrogen-bond acceptors (Lipinski definition) is 5. The van der Waals surface area contributed by atoms with Crippen molar-refractivity contribution < 1.29 is 19.1 Å². The lowest BCUT2D eigenvalue weighted by Crippen LogP contribution is -2.67. The first-order valence-electron chi connectivity index (χ1n) is 9.47. The van der Waals surface area contributed by atoms with Crippen LogP contribution < -0.4 is 5.73 Å². The number of nitrogens with zero attached hydrogens (tertiary/aromatic N) is 1. The molecule has 6 heteroatoms. The first-order chi connectivity index (χ1) is 11.7. The summed E-state index contributed by atoms with van der Waals surface area (Å²) in [6, 6.07) is -0.789. The zero-order valence-electron chi connectivity index (χ0n) is 15.9. The zero-order valence-corrected chi connectivity index (χ0v) is 15.9. The van der Waals surface area contributed by atoms with E-state index < -0.39 is 23.7 Å². The van der Waals surface area contributed by atoms with Crippen molar-refractivity contribution in [1.82, 2.24) is 4.90 Å². The van der Waals surface area contributed by atoms with Gasteiger partial charge < -0.3 is 15.2 Å². The molecule has 2 N–H and O–H groups in total. The highest BCUT2D eigenvalue weighted by Gasteiger charge is 2.57. The Morgan fingerprint density at radius 3 is 1.96 bits per heavy atom. The number of carbonyl (C=O) groups excluding carboxylic acids is 2. The van der Waals surface area contributed by atoms with Gasteiger partial charge in [-0.2, -0.15) is 0 Å². The van der Waals surface area contributed by atoms with E-state index >= 15 is 0 Å². The van der Waals surface area contributed by atoms with E-state index in [-0.39, 0.29) is 12.1 Å². The van der Waals surface area contributed by atoms with E-state index in [0.717, 1.165) is 19.3 Å². The first-order valence-corrected chi connectivity index (χ1v) is 9.47. The van der Waals surface area contributed by atoms with Gasteiger partial charge in [0.2, 0.25) is 0 Å². The third kappa shape index (κ3) is 3.50. The average Bonchev–Trinajstić information content (AvgIpc) is 2.48. The van der Waals surface area contributed by atoms with Crippen LogP contribution in [-0.2, 0) is 14.3 Å². The molecule has 4 aliphatic carbocycles. The van der Waals surface area contributed by atoms with Gasteiger partial charge in [0.15, 0.2) is 0 Å². The molecule has 25 heavy (non-hydrogen) atoms. The zero-order chi connectivity index (χ0) is 18.4. The molecule has 142 valence electrons. The van der Waals surface area contributed by atoms with Gasteiger partial charge in [0, 0.05) is 12.1 Å². The molecular formula is C19H32N2O4. The molecule has 4 aliphatic rings. The van der Waals surface area contributed by atoms with Crippen LogP contribution in [0.3, 0.4) is 0 Å². The van der Waals surface area contributed by atoms with Gasteiger partial charge in [0.05, 0.1) is 7.11 Å². The summed E-state index contributed by atoms with van der Waals surface area (Å²) in [6.07, 6.45) is 6.17. The van der Waals surface area contributed by atoms with Crippen LogP contribution in [0.4, 0.5) is 4.79 Å². The van der Waals surface area contributed by atoms with Gasteiger partial charge >= 0.3 is 12.1 Å². The fourth-order valence-electron chi connectivity index (χ4n) is 5.79. The molecule has 6 nitrogen and oxygen atoms in total. The van der Waals surface area contributed by atoms with Gasteiger partial charge in [-0.1, -0.05) is 0 Å². The summed E-state index contributed by atoms with van der Waals surface area (Å²) in [5, 5.41) is 0. The van der Waals surface area contributed by atoms with Gasteiger partial charge in [0.25, 0.3) is 0 Å². The van der Waals surface area contributed by atoms with Crippen molar-refractivity contribution in [3.05, 3.63) is 0 Å². The Morgan fingerprint density at radius 2 is 1.60 bits per heavy atom. The number of amides is 1. The molecule has 4 fully saturated rings. The highest BCUT2D eigenvalue weighted by atomic mass is 16.6. The Bertz CT molecular complexity index is 505. The van der Waals surface area contributed by atoms with Crippen LogP contribution in [0.1, 0.15) is 59.3 Å². The highest BCUT2D eigenvalue weighted by molar-refractivity contribution is 5.82. The predicted octanol–water partition coefficient (Wildman–Crippen LogP) is 2.69. The third-order valence-electron chi connectivity index (χ3n) is 6.10. The van der Waals surface area contributed by atoms with Crippen LogP contribution in [0.15, 0.2) is 0 Å². The van der Waals surface area contributed by atoms with E-state index in [2.05, 4.69) is 0 Å². The summed E-state index contributed by atoms with van der Waals surface area (Å²) in [5.74, 6) is 1.51. The molecule has 0 spiro atoms. The first kappa shape index (κ1) is 18.5. The number of hydrogen-bond donors (Lipinski definition) is 1. The number of nitrogens with two attached hydrogens (primary N) is 1. The summed E-state index contributed by atoms with van der Waals surface area (Å²) in [4.78, 5) is 27.2. The minimum Gasteiger partial charge on any atom is -0.458 e. The Kier molecular flexibility index (Phi) is 4.77. The van der Waals surface area contributed by atoms with Crippen molar-refractivity contribution in [2.45, 2.75) is 76.5 Å². The quantitative estimate of drug-likeness (QED) is 0.787. The van der Waals surface area contributed by atoms with Gasteiger partial charge in [-0.15, -0.1) is 0 Å². The molecule has 0 aromatic heterocycles. The molecule has 1 atom stereocenters. The molecule has 0 aromatic carbocycles. The van der Waals surface area contributed by atoms with E-state index in [4.69, 9.17) is 15.2 Å². The maximum atomic E-state index is 12.8. The lowest BCUT2D eigenvalue weighted by molar-refractivity contribution is -0.167. The van der Waals surface area contributed by atoms with Gasteiger partial charge in [-0.25, -0.2) is 9.59 Å². The topological polar surface area (TPSA) is 81.9 Å². The largest absolute Gasteiger partial charge is 0.458 e. The molecule has 0 aromatic rings. The van der Waals surface area contributed by atoms with Gasteiger partial charge in [0.1, 0.15) is 11.6 Å². The molecule has 1 unspecified atom stereocenters. The van der Waals surface area contributed by atoms with E-state index in [0.29, 0.717) is 17.8 Å². The fraction of sp³-hybridized carbons (Fsp3) is 0.895. The Morgan fingerprint density at radius 1 is 1.12 bits per heavy atom. The summed E-state index contributed by atoms with van der Waals surface area (Å²) in [6.45, 7) is 5.52. The molecular weight excluding hydrogens is 320 g/mol.